The molecule has 0 aliphatic carbocycles. The smallest absolute Gasteiger partial charge is 0.129 e. The fourth-order valence-electron chi connectivity index (χ4n) is 1.90. The molecule has 1 aliphatic heterocycles. The number of fused-ring (bicyclic) bond motifs is 1. The van der Waals surface area contributed by atoms with Crippen molar-refractivity contribution in [1.29, 1.82) is 0 Å². The SMILES string of the molecule is Cc1ncn2c1C(C=O)CCC2. The van der Waals surface area contributed by atoms with Gasteiger partial charge in [-0.3, -0.25) is 0 Å². The van der Waals surface area contributed by atoms with Gasteiger partial charge in [-0.1, -0.05) is 0 Å². The minimum Gasteiger partial charge on any atom is -0.334 e. The van der Waals surface area contributed by atoms with Gasteiger partial charge in [0.05, 0.1) is 23.6 Å². The van der Waals surface area contributed by atoms with Crippen molar-refractivity contribution >= 4 is 6.29 Å². The number of aryl methyl sites for hydroxylation is 2. The Morgan fingerprint density at radius 1 is 1.75 bits per heavy atom. The van der Waals surface area contributed by atoms with E-state index >= 15 is 0 Å². The summed E-state index contributed by atoms with van der Waals surface area (Å²) in [5.74, 6) is 0.0845. The molecule has 0 N–H and O–H groups in total. The second kappa shape index (κ2) is 2.73. The van der Waals surface area contributed by atoms with Gasteiger partial charge >= 0.3 is 0 Å². The van der Waals surface area contributed by atoms with E-state index in [9.17, 15) is 4.79 Å². The molecule has 3 heteroatoms. The quantitative estimate of drug-likeness (QED) is 0.586. The maximum absolute atomic E-state index is 10.7. The Morgan fingerprint density at radius 2 is 2.58 bits per heavy atom. The van der Waals surface area contributed by atoms with Crippen molar-refractivity contribution in [2.24, 2.45) is 0 Å². The zero-order valence-corrected chi connectivity index (χ0v) is 7.16. The molecule has 0 amide bonds. The summed E-state index contributed by atoms with van der Waals surface area (Å²) in [5.41, 5.74) is 2.13. The largest absolute Gasteiger partial charge is 0.334 e. The highest BCUT2D eigenvalue weighted by atomic mass is 16.1. The molecule has 3 nitrogen and oxygen atoms in total. The topological polar surface area (TPSA) is 34.9 Å². The Hall–Kier alpha value is -1.12. The number of rotatable bonds is 1. The van der Waals surface area contributed by atoms with Gasteiger partial charge in [-0.25, -0.2) is 4.98 Å². The summed E-state index contributed by atoms with van der Waals surface area (Å²) >= 11 is 0. The van der Waals surface area contributed by atoms with Gasteiger partial charge in [0.15, 0.2) is 0 Å². The third kappa shape index (κ3) is 0.967. The number of nitrogens with zero attached hydrogens (tertiary/aromatic N) is 2. The van der Waals surface area contributed by atoms with E-state index in [1.165, 1.54) is 0 Å². The first-order valence-corrected chi connectivity index (χ1v) is 4.30. The van der Waals surface area contributed by atoms with Crippen LogP contribution < -0.4 is 0 Å². The van der Waals surface area contributed by atoms with Crippen molar-refractivity contribution in [3.8, 4) is 0 Å². The van der Waals surface area contributed by atoms with Gasteiger partial charge in [0, 0.05) is 6.54 Å². The number of hydrogen-bond acceptors (Lipinski definition) is 2. The van der Waals surface area contributed by atoms with Crippen molar-refractivity contribution in [1.82, 2.24) is 9.55 Å². The Labute approximate surface area is 71.4 Å². The van der Waals surface area contributed by atoms with E-state index in [2.05, 4.69) is 9.55 Å². The second-order valence-electron chi connectivity index (χ2n) is 3.29. The zero-order valence-electron chi connectivity index (χ0n) is 7.16. The molecule has 0 fully saturated rings. The molecule has 64 valence electrons. The summed E-state index contributed by atoms with van der Waals surface area (Å²) < 4.78 is 2.10. The van der Waals surface area contributed by atoms with Crippen molar-refractivity contribution in [3.05, 3.63) is 17.7 Å². The van der Waals surface area contributed by atoms with E-state index in [1.54, 1.807) is 0 Å². The molecule has 1 aliphatic rings. The molecule has 2 rings (SSSR count). The van der Waals surface area contributed by atoms with E-state index in [0.717, 1.165) is 37.1 Å². The third-order valence-corrected chi connectivity index (χ3v) is 2.50. The van der Waals surface area contributed by atoms with Gasteiger partial charge < -0.3 is 9.36 Å². The van der Waals surface area contributed by atoms with Crippen LogP contribution in [0.1, 0.15) is 30.1 Å². The molecule has 2 heterocycles. The number of aldehydes is 1. The first-order chi connectivity index (χ1) is 5.83. The average molecular weight is 164 g/mol. The molecular formula is C9H12N2O. The lowest BCUT2D eigenvalue weighted by Crippen LogP contribution is -2.16. The molecule has 1 unspecified atom stereocenters. The molecule has 0 bridgehead atoms. The standard InChI is InChI=1S/C9H12N2O/c1-7-9-8(5-12)3-2-4-11(9)6-10-7/h5-6,8H,2-4H2,1H3. The molecule has 0 aromatic carbocycles. The van der Waals surface area contributed by atoms with Gasteiger partial charge in [-0.2, -0.15) is 0 Å². The van der Waals surface area contributed by atoms with Gasteiger partial charge in [0.1, 0.15) is 6.29 Å². The molecule has 1 atom stereocenters. The highest BCUT2D eigenvalue weighted by Crippen LogP contribution is 2.27. The summed E-state index contributed by atoms with van der Waals surface area (Å²) in [5, 5.41) is 0. The number of carbonyl (C=O) groups excluding carboxylic acids is 1. The van der Waals surface area contributed by atoms with E-state index in [1.807, 2.05) is 13.3 Å². The van der Waals surface area contributed by atoms with Crippen LogP contribution in [-0.2, 0) is 11.3 Å². The van der Waals surface area contributed by atoms with Crippen LogP contribution in [0.15, 0.2) is 6.33 Å². The molecule has 12 heavy (non-hydrogen) atoms. The van der Waals surface area contributed by atoms with Crippen LogP contribution in [0, 0.1) is 6.92 Å². The predicted octanol–water partition coefficient (Wildman–Crippen LogP) is 1.27. The van der Waals surface area contributed by atoms with Crippen LogP contribution >= 0.6 is 0 Å². The molecule has 0 saturated carbocycles. The van der Waals surface area contributed by atoms with Crippen LogP contribution in [0.25, 0.3) is 0 Å². The van der Waals surface area contributed by atoms with Gasteiger partial charge in [0.2, 0.25) is 0 Å². The van der Waals surface area contributed by atoms with Crippen molar-refractivity contribution in [3.63, 3.8) is 0 Å². The fourth-order valence-corrected chi connectivity index (χ4v) is 1.90. The number of hydrogen-bond donors (Lipinski definition) is 0. The number of imidazole rings is 1. The van der Waals surface area contributed by atoms with Crippen molar-refractivity contribution in [2.45, 2.75) is 32.2 Å². The Kier molecular flexibility index (Phi) is 1.71. The first-order valence-electron chi connectivity index (χ1n) is 4.30. The molecule has 1 aromatic rings. The Morgan fingerprint density at radius 3 is 3.33 bits per heavy atom. The minimum absolute atomic E-state index is 0.0845. The molecular weight excluding hydrogens is 152 g/mol. The number of aromatic nitrogens is 2. The minimum atomic E-state index is 0.0845. The van der Waals surface area contributed by atoms with Crippen molar-refractivity contribution in [2.75, 3.05) is 0 Å². The molecule has 0 saturated heterocycles. The average Bonchev–Trinajstić information content (AvgIpc) is 2.48. The first kappa shape index (κ1) is 7.53. The van der Waals surface area contributed by atoms with E-state index < -0.39 is 0 Å². The normalized spacial score (nSPS) is 21.9. The van der Waals surface area contributed by atoms with Crippen LogP contribution in [0.2, 0.25) is 0 Å². The maximum Gasteiger partial charge on any atom is 0.129 e. The third-order valence-electron chi connectivity index (χ3n) is 2.50. The second-order valence-corrected chi connectivity index (χ2v) is 3.29. The molecule has 1 aromatic heterocycles. The fraction of sp³-hybridized carbons (Fsp3) is 0.556. The van der Waals surface area contributed by atoms with E-state index in [-0.39, 0.29) is 5.92 Å². The lowest BCUT2D eigenvalue weighted by molar-refractivity contribution is -0.109. The summed E-state index contributed by atoms with van der Waals surface area (Å²) in [6.07, 6.45) is 4.95. The number of carbonyl (C=O) groups is 1. The summed E-state index contributed by atoms with van der Waals surface area (Å²) in [6, 6.07) is 0. The maximum atomic E-state index is 10.7. The monoisotopic (exact) mass is 164 g/mol. The van der Waals surface area contributed by atoms with Crippen LogP contribution in [0.4, 0.5) is 0 Å². The van der Waals surface area contributed by atoms with E-state index in [4.69, 9.17) is 0 Å². The highest BCUT2D eigenvalue weighted by molar-refractivity contribution is 5.62. The Balaban J connectivity index is 2.47. The highest BCUT2D eigenvalue weighted by Gasteiger charge is 2.21. The van der Waals surface area contributed by atoms with Gasteiger partial charge in [-0.05, 0) is 19.8 Å². The zero-order chi connectivity index (χ0) is 8.55. The lowest BCUT2D eigenvalue weighted by atomic mass is 9.96. The van der Waals surface area contributed by atoms with Gasteiger partial charge in [0.25, 0.3) is 0 Å². The predicted molar refractivity (Wildman–Crippen MR) is 45.0 cm³/mol. The lowest BCUT2D eigenvalue weighted by Gasteiger charge is -2.20. The van der Waals surface area contributed by atoms with Crippen LogP contribution in [0.5, 0.6) is 0 Å². The van der Waals surface area contributed by atoms with Crippen LogP contribution in [0.3, 0.4) is 0 Å². The summed E-state index contributed by atoms with van der Waals surface area (Å²) in [4.78, 5) is 14.9. The van der Waals surface area contributed by atoms with Crippen LogP contribution in [-0.4, -0.2) is 15.8 Å². The molecule has 0 spiro atoms. The van der Waals surface area contributed by atoms with E-state index in [0.29, 0.717) is 0 Å². The summed E-state index contributed by atoms with van der Waals surface area (Å²) in [7, 11) is 0. The summed E-state index contributed by atoms with van der Waals surface area (Å²) in [6.45, 7) is 2.98. The van der Waals surface area contributed by atoms with Gasteiger partial charge in [-0.15, -0.1) is 0 Å². The Bertz CT molecular complexity index is 303. The molecule has 0 radical (unpaired) electrons. The van der Waals surface area contributed by atoms with Crippen molar-refractivity contribution < 1.29 is 4.79 Å².